The second kappa shape index (κ2) is 9.32. The molecule has 3 aromatic carbocycles. The second-order valence-corrected chi connectivity index (χ2v) is 7.13. The van der Waals surface area contributed by atoms with Gasteiger partial charge in [0.15, 0.2) is 0 Å². The zero-order chi connectivity index (χ0) is 21.6. The molecule has 0 aliphatic rings. The molecule has 4 rings (SSSR count). The fourth-order valence-electron chi connectivity index (χ4n) is 2.87. The molecule has 6 heteroatoms. The van der Waals surface area contributed by atoms with Gasteiger partial charge in [-0.05, 0) is 54.6 Å². The van der Waals surface area contributed by atoms with E-state index in [0.29, 0.717) is 27.8 Å². The number of nitrogens with zero attached hydrogens (tertiary/aromatic N) is 1. The topological polar surface area (TPSA) is 72.0 Å². The Morgan fingerprint density at radius 2 is 1.71 bits per heavy atom. The first-order chi connectivity index (χ1) is 15.1. The third-order valence-corrected chi connectivity index (χ3v) is 4.91. The number of aromatic hydroxyl groups is 1. The first kappa shape index (κ1) is 20.4. The van der Waals surface area contributed by atoms with Crippen LogP contribution >= 0.6 is 11.6 Å². The number of esters is 1. The van der Waals surface area contributed by atoms with Gasteiger partial charge in [-0.1, -0.05) is 41.9 Å². The number of benzene rings is 3. The molecule has 1 heterocycles. The monoisotopic (exact) mass is 431 g/mol. The SMILES string of the molecule is O=C(OCc1ccccc1Cl)c1ccc(-c2ccc(C=Nc3ccc(O)cc3)o2)cc1. The van der Waals surface area contributed by atoms with Crippen LogP contribution in [0.5, 0.6) is 5.75 Å². The van der Waals surface area contributed by atoms with Crippen LogP contribution in [-0.2, 0) is 11.3 Å². The summed E-state index contributed by atoms with van der Waals surface area (Å²) >= 11 is 6.09. The van der Waals surface area contributed by atoms with Crippen molar-refractivity contribution < 1.29 is 19.1 Å². The van der Waals surface area contributed by atoms with Gasteiger partial charge in [0.05, 0.1) is 17.5 Å². The molecule has 0 fully saturated rings. The van der Waals surface area contributed by atoms with Crippen LogP contribution in [0.2, 0.25) is 5.02 Å². The van der Waals surface area contributed by atoms with Crippen molar-refractivity contribution in [3.8, 4) is 17.1 Å². The molecule has 0 unspecified atom stereocenters. The minimum absolute atomic E-state index is 0.113. The molecule has 0 amide bonds. The molecule has 0 bridgehead atoms. The number of hydrogen-bond donors (Lipinski definition) is 1. The highest BCUT2D eigenvalue weighted by atomic mass is 35.5. The number of rotatable bonds is 6. The highest BCUT2D eigenvalue weighted by Crippen LogP contribution is 2.23. The first-order valence-corrected chi connectivity index (χ1v) is 9.90. The molecular formula is C25H18ClNO4. The summed E-state index contributed by atoms with van der Waals surface area (Å²) in [6, 6.07) is 24.4. The van der Waals surface area contributed by atoms with Crippen molar-refractivity contribution in [2.24, 2.45) is 4.99 Å². The van der Waals surface area contributed by atoms with Crippen LogP contribution in [0.25, 0.3) is 11.3 Å². The van der Waals surface area contributed by atoms with Gasteiger partial charge in [0.2, 0.25) is 0 Å². The lowest BCUT2D eigenvalue weighted by Gasteiger charge is -2.07. The van der Waals surface area contributed by atoms with Crippen molar-refractivity contribution in [3.63, 3.8) is 0 Å². The number of hydrogen-bond acceptors (Lipinski definition) is 5. The number of furan rings is 1. The summed E-state index contributed by atoms with van der Waals surface area (Å²) in [7, 11) is 0. The average Bonchev–Trinajstić information content (AvgIpc) is 3.27. The average molecular weight is 432 g/mol. The summed E-state index contributed by atoms with van der Waals surface area (Å²) in [5.41, 5.74) is 2.73. The van der Waals surface area contributed by atoms with E-state index >= 15 is 0 Å². The molecule has 0 saturated carbocycles. The summed E-state index contributed by atoms with van der Waals surface area (Å²) in [4.78, 5) is 16.6. The van der Waals surface area contributed by atoms with Gasteiger partial charge in [-0.2, -0.15) is 0 Å². The van der Waals surface area contributed by atoms with E-state index in [-0.39, 0.29) is 12.4 Å². The number of ether oxygens (including phenoxy) is 1. The number of halogens is 1. The summed E-state index contributed by atoms with van der Waals surface area (Å²) in [5.74, 6) is 1.01. The van der Waals surface area contributed by atoms with Crippen LogP contribution in [0, 0.1) is 0 Å². The van der Waals surface area contributed by atoms with Gasteiger partial charge in [0.25, 0.3) is 0 Å². The Bertz CT molecular complexity index is 1210. The van der Waals surface area contributed by atoms with Gasteiger partial charge in [-0.3, -0.25) is 4.99 Å². The minimum Gasteiger partial charge on any atom is -0.508 e. The van der Waals surface area contributed by atoms with Crippen molar-refractivity contribution in [1.29, 1.82) is 0 Å². The van der Waals surface area contributed by atoms with Gasteiger partial charge < -0.3 is 14.3 Å². The van der Waals surface area contributed by atoms with Gasteiger partial charge in [-0.15, -0.1) is 0 Å². The normalized spacial score (nSPS) is 11.0. The molecule has 0 atom stereocenters. The van der Waals surface area contributed by atoms with E-state index in [1.54, 1.807) is 60.8 Å². The number of phenols is 1. The third-order valence-electron chi connectivity index (χ3n) is 4.54. The fourth-order valence-corrected chi connectivity index (χ4v) is 3.06. The van der Waals surface area contributed by atoms with Gasteiger partial charge in [0, 0.05) is 16.1 Å². The molecule has 1 aromatic heterocycles. The largest absolute Gasteiger partial charge is 0.508 e. The number of phenolic OH excluding ortho intramolecular Hbond substituents is 1. The molecule has 0 spiro atoms. The van der Waals surface area contributed by atoms with Crippen molar-refractivity contribution >= 4 is 29.5 Å². The quantitative estimate of drug-likeness (QED) is 0.282. The van der Waals surface area contributed by atoms with Crippen molar-refractivity contribution in [3.05, 3.63) is 107 Å². The van der Waals surface area contributed by atoms with E-state index in [9.17, 15) is 9.90 Å². The predicted molar refractivity (Wildman–Crippen MR) is 120 cm³/mol. The molecule has 0 radical (unpaired) electrons. The van der Waals surface area contributed by atoms with E-state index in [1.807, 2.05) is 30.3 Å². The zero-order valence-corrected chi connectivity index (χ0v) is 17.1. The minimum atomic E-state index is -0.423. The van der Waals surface area contributed by atoms with Gasteiger partial charge >= 0.3 is 5.97 Å². The van der Waals surface area contributed by atoms with Crippen LogP contribution in [0.1, 0.15) is 21.7 Å². The molecule has 31 heavy (non-hydrogen) atoms. The molecule has 4 aromatic rings. The smallest absolute Gasteiger partial charge is 0.338 e. The number of carbonyl (C=O) groups is 1. The van der Waals surface area contributed by atoms with Crippen LogP contribution in [0.15, 0.2) is 94.3 Å². The molecule has 5 nitrogen and oxygen atoms in total. The highest BCUT2D eigenvalue weighted by molar-refractivity contribution is 6.31. The summed E-state index contributed by atoms with van der Waals surface area (Å²) < 4.78 is 11.2. The van der Waals surface area contributed by atoms with Gasteiger partial charge in [0.1, 0.15) is 23.9 Å². The first-order valence-electron chi connectivity index (χ1n) is 9.52. The van der Waals surface area contributed by atoms with Crippen LogP contribution in [-0.4, -0.2) is 17.3 Å². The zero-order valence-electron chi connectivity index (χ0n) is 16.4. The lowest BCUT2D eigenvalue weighted by atomic mass is 10.1. The van der Waals surface area contributed by atoms with E-state index < -0.39 is 5.97 Å². The summed E-state index contributed by atoms with van der Waals surface area (Å²) in [6.07, 6.45) is 1.61. The Morgan fingerprint density at radius 3 is 2.45 bits per heavy atom. The Balaban J connectivity index is 1.39. The van der Waals surface area contributed by atoms with E-state index in [4.69, 9.17) is 20.8 Å². The fraction of sp³-hybridized carbons (Fsp3) is 0.0400. The third kappa shape index (κ3) is 5.21. The Hall–Kier alpha value is -3.83. The highest BCUT2D eigenvalue weighted by Gasteiger charge is 2.10. The van der Waals surface area contributed by atoms with E-state index in [1.165, 1.54) is 0 Å². The van der Waals surface area contributed by atoms with E-state index in [0.717, 1.165) is 11.1 Å². The Labute approximate surface area is 184 Å². The molecular weight excluding hydrogens is 414 g/mol. The van der Waals surface area contributed by atoms with Gasteiger partial charge in [-0.25, -0.2) is 4.79 Å². The molecule has 0 aliphatic carbocycles. The lowest BCUT2D eigenvalue weighted by molar-refractivity contribution is 0.0473. The standard InChI is InChI=1S/C25H18ClNO4/c26-23-4-2-1-3-19(23)16-30-25(29)18-7-5-17(6-8-18)24-14-13-22(31-24)15-27-20-9-11-21(28)12-10-20/h1-15,28H,16H2. The maximum atomic E-state index is 12.3. The predicted octanol–water partition coefficient (Wildman–Crippen LogP) is 6.41. The maximum absolute atomic E-state index is 12.3. The summed E-state index contributed by atoms with van der Waals surface area (Å²) in [5, 5.41) is 9.88. The summed E-state index contributed by atoms with van der Waals surface area (Å²) in [6.45, 7) is 0.113. The van der Waals surface area contributed by atoms with Crippen molar-refractivity contribution in [1.82, 2.24) is 0 Å². The number of aliphatic imine (C=N–C) groups is 1. The Kier molecular flexibility index (Phi) is 6.15. The molecule has 0 aliphatic heterocycles. The molecule has 154 valence electrons. The van der Waals surface area contributed by atoms with Crippen molar-refractivity contribution in [2.45, 2.75) is 6.61 Å². The van der Waals surface area contributed by atoms with Crippen LogP contribution in [0.4, 0.5) is 5.69 Å². The van der Waals surface area contributed by atoms with Crippen LogP contribution < -0.4 is 0 Å². The second-order valence-electron chi connectivity index (χ2n) is 6.72. The van der Waals surface area contributed by atoms with Crippen LogP contribution in [0.3, 0.4) is 0 Å². The maximum Gasteiger partial charge on any atom is 0.338 e. The Morgan fingerprint density at radius 1 is 0.968 bits per heavy atom. The van der Waals surface area contributed by atoms with E-state index in [2.05, 4.69) is 4.99 Å². The molecule has 1 N–H and O–H groups in total. The number of carbonyl (C=O) groups excluding carboxylic acids is 1. The molecule has 0 saturated heterocycles. The lowest BCUT2D eigenvalue weighted by Crippen LogP contribution is -2.05. The van der Waals surface area contributed by atoms with Crippen molar-refractivity contribution in [2.75, 3.05) is 0 Å².